The Morgan fingerprint density at radius 2 is 2.40 bits per heavy atom. The first-order valence-corrected chi connectivity index (χ1v) is 2.85. The summed E-state index contributed by atoms with van der Waals surface area (Å²) in [6.07, 6.45) is -1.70. The summed E-state index contributed by atoms with van der Waals surface area (Å²) in [6, 6.07) is -0.817. The van der Waals surface area contributed by atoms with Crippen LogP contribution in [0.4, 0.5) is 4.39 Å². The maximum atomic E-state index is 12.3. The highest BCUT2D eigenvalue weighted by molar-refractivity contribution is 5.92. The monoisotopic (exact) mass is 146 g/mol. The second-order valence-electron chi connectivity index (χ2n) is 2.17. The maximum Gasteiger partial charge on any atom is 0.255 e. The Bertz CT molecular complexity index is 182. The standard InChI is InChI=1S/C5H7FN2O2/c6-2-1-3(4(7)9)8-5(2)10/h2-3H,1H2,(H2,7,9)(H,8,10)/t2-,3+/m0/s1. The molecule has 56 valence electrons. The quantitative estimate of drug-likeness (QED) is 0.482. The summed E-state index contributed by atoms with van der Waals surface area (Å²) in [5.41, 5.74) is 4.80. The van der Waals surface area contributed by atoms with E-state index in [0.29, 0.717) is 0 Å². The summed E-state index contributed by atoms with van der Waals surface area (Å²) >= 11 is 0. The van der Waals surface area contributed by atoms with E-state index in [1.807, 2.05) is 0 Å². The van der Waals surface area contributed by atoms with E-state index >= 15 is 0 Å². The smallest absolute Gasteiger partial charge is 0.255 e. The van der Waals surface area contributed by atoms with Crippen LogP contribution in [0, 0.1) is 0 Å². The number of nitrogens with two attached hydrogens (primary N) is 1. The lowest BCUT2D eigenvalue weighted by Crippen LogP contribution is -2.37. The molecule has 0 saturated carbocycles. The molecule has 3 N–H and O–H groups in total. The molecule has 0 aliphatic carbocycles. The number of alkyl halides is 1. The van der Waals surface area contributed by atoms with Gasteiger partial charge in [0.1, 0.15) is 6.04 Å². The van der Waals surface area contributed by atoms with Gasteiger partial charge < -0.3 is 11.1 Å². The largest absolute Gasteiger partial charge is 0.368 e. The SMILES string of the molecule is NC(=O)[C@H]1C[C@H](F)C(=O)N1. The lowest BCUT2D eigenvalue weighted by molar-refractivity contribution is -0.125. The number of nitrogens with one attached hydrogen (secondary N) is 1. The average molecular weight is 146 g/mol. The van der Waals surface area contributed by atoms with E-state index in [-0.39, 0.29) is 6.42 Å². The molecule has 0 unspecified atom stereocenters. The molecule has 10 heavy (non-hydrogen) atoms. The van der Waals surface area contributed by atoms with Crippen LogP contribution >= 0.6 is 0 Å². The van der Waals surface area contributed by atoms with Crippen molar-refractivity contribution in [2.45, 2.75) is 18.6 Å². The summed E-state index contributed by atoms with van der Waals surface area (Å²) in [5, 5.41) is 2.11. The van der Waals surface area contributed by atoms with Crippen molar-refractivity contribution in [1.29, 1.82) is 0 Å². The van der Waals surface area contributed by atoms with Crippen LogP contribution < -0.4 is 11.1 Å². The zero-order chi connectivity index (χ0) is 7.72. The molecule has 5 heteroatoms. The molecule has 0 spiro atoms. The van der Waals surface area contributed by atoms with Crippen molar-refractivity contribution in [2.75, 3.05) is 0 Å². The van der Waals surface area contributed by atoms with Gasteiger partial charge in [0.15, 0.2) is 6.17 Å². The van der Waals surface area contributed by atoms with Crippen molar-refractivity contribution in [3.8, 4) is 0 Å². The predicted molar refractivity (Wildman–Crippen MR) is 30.6 cm³/mol. The molecule has 1 aliphatic heterocycles. The molecule has 1 aliphatic rings. The van der Waals surface area contributed by atoms with Crippen LogP contribution in [-0.4, -0.2) is 24.0 Å². The van der Waals surface area contributed by atoms with Crippen LogP contribution in [0.2, 0.25) is 0 Å². The number of primary amides is 1. The van der Waals surface area contributed by atoms with Gasteiger partial charge in [0.2, 0.25) is 5.91 Å². The van der Waals surface area contributed by atoms with Crippen LogP contribution in [0.25, 0.3) is 0 Å². The molecule has 2 amide bonds. The van der Waals surface area contributed by atoms with Crippen molar-refractivity contribution < 1.29 is 14.0 Å². The zero-order valence-electron chi connectivity index (χ0n) is 5.13. The van der Waals surface area contributed by atoms with Crippen LogP contribution in [0.5, 0.6) is 0 Å². The molecule has 1 rings (SSSR count). The number of hydrogen-bond donors (Lipinski definition) is 2. The first-order chi connectivity index (χ1) is 4.61. The Morgan fingerprint density at radius 3 is 2.60 bits per heavy atom. The molecule has 1 heterocycles. The minimum atomic E-state index is -1.57. The molecule has 0 aromatic carbocycles. The van der Waals surface area contributed by atoms with Crippen LogP contribution in [-0.2, 0) is 9.59 Å². The van der Waals surface area contributed by atoms with E-state index in [9.17, 15) is 14.0 Å². The Hall–Kier alpha value is -1.13. The Morgan fingerprint density at radius 1 is 1.80 bits per heavy atom. The molecule has 0 radical (unpaired) electrons. The third-order valence-corrected chi connectivity index (χ3v) is 1.39. The minimum absolute atomic E-state index is 0.131. The lowest BCUT2D eigenvalue weighted by atomic mass is 10.2. The summed E-state index contributed by atoms with van der Waals surface area (Å²) in [7, 11) is 0. The van der Waals surface area contributed by atoms with Crippen molar-refractivity contribution in [2.24, 2.45) is 5.73 Å². The van der Waals surface area contributed by atoms with E-state index in [2.05, 4.69) is 5.32 Å². The average Bonchev–Trinajstić information content (AvgIpc) is 2.13. The van der Waals surface area contributed by atoms with Gasteiger partial charge in [-0.3, -0.25) is 9.59 Å². The van der Waals surface area contributed by atoms with Crippen molar-refractivity contribution >= 4 is 11.8 Å². The van der Waals surface area contributed by atoms with Gasteiger partial charge in [-0.15, -0.1) is 0 Å². The van der Waals surface area contributed by atoms with Crippen LogP contribution in [0.1, 0.15) is 6.42 Å². The number of amides is 2. The molecule has 0 aromatic rings. The summed E-state index contributed by atoms with van der Waals surface area (Å²) in [4.78, 5) is 20.7. The lowest BCUT2D eigenvalue weighted by Gasteiger charge is -2.00. The maximum absolute atomic E-state index is 12.3. The molecule has 0 aromatic heterocycles. The molecule has 4 nitrogen and oxygen atoms in total. The predicted octanol–water partition coefficient (Wildman–Crippen LogP) is -1.30. The van der Waals surface area contributed by atoms with Gasteiger partial charge in [0, 0.05) is 6.42 Å². The first kappa shape index (κ1) is 6.98. The fraction of sp³-hybridized carbons (Fsp3) is 0.600. The molecule has 2 atom stereocenters. The minimum Gasteiger partial charge on any atom is -0.368 e. The summed E-state index contributed by atoms with van der Waals surface area (Å²) < 4.78 is 12.3. The molecule has 0 bridgehead atoms. The Kier molecular flexibility index (Phi) is 1.57. The summed E-state index contributed by atoms with van der Waals surface area (Å²) in [5.74, 6) is -1.43. The van der Waals surface area contributed by atoms with E-state index in [4.69, 9.17) is 5.73 Å². The zero-order valence-corrected chi connectivity index (χ0v) is 5.13. The van der Waals surface area contributed by atoms with Gasteiger partial charge in [-0.2, -0.15) is 0 Å². The Labute approximate surface area is 56.6 Å². The van der Waals surface area contributed by atoms with Crippen molar-refractivity contribution in [3.63, 3.8) is 0 Å². The van der Waals surface area contributed by atoms with Crippen LogP contribution in [0.3, 0.4) is 0 Å². The number of carbonyl (C=O) groups is 2. The molecule has 1 saturated heterocycles. The number of hydrogen-bond acceptors (Lipinski definition) is 2. The molecule has 1 fully saturated rings. The number of rotatable bonds is 1. The highest BCUT2D eigenvalue weighted by atomic mass is 19.1. The fourth-order valence-corrected chi connectivity index (χ4v) is 0.822. The Balaban J connectivity index is 2.57. The second-order valence-corrected chi connectivity index (χ2v) is 2.17. The van der Waals surface area contributed by atoms with Gasteiger partial charge in [-0.05, 0) is 0 Å². The van der Waals surface area contributed by atoms with Gasteiger partial charge in [0.05, 0.1) is 0 Å². The number of carbonyl (C=O) groups excluding carboxylic acids is 2. The highest BCUT2D eigenvalue weighted by Gasteiger charge is 2.34. The van der Waals surface area contributed by atoms with Gasteiger partial charge in [0.25, 0.3) is 5.91 Å². The van der Waals surface area contributed by atoms with E-state index in [1.54, 1.807) is 0 Å². The fourth-order valence-electron chi connectivity index (χ4n) is 0.822. The highest BCUT2D eigenvalue weighted by Crippen LogP contribution is 2.10. The summed E-state index contributed by atoms with van der Waals surface area (Å²) in [6.45, 7) is 0. The van der Waals surface area contributed by atoms with E-state index in [0.717, 1.165) is 0 Å². The van der Waals surface area contributed by atoms with E-state index < -0.39 is 24.0 Å². The van der Waals surface area contributed by atoms with Crippen molar-refractivity contribution in [3.05, 3.63) is 0 Å². The van der Waals surface area contributed by atoms with E-state index in [1.165, 1.54) is 0 Å². The third-order valence-electron chi connectivity index (χ3n) is 1.39. The first-order valence-electron chi connectivity index (χ1n) is 2.85. The molecular formula is C5H7FN2O2. The van der Waals surface area contributed by atoms with Crippen molar-refractivity contribution in [1.82, 2.24) is 5.32 Å². The van der Waals surface area contributed by atoms with Crippen LogP contribution in [0.15, 0.2) is 0 Å². The second kappa shape index (κ2) is 2.24. The number of halogens is 1. The topological polar surface area (TPSA) is 72.2 Å². The van der Waals surface area contributed by atoms with Gasteiger partial charge in [-0.25, -0.2) is 4.39 Å². The normalized spacial score (nSPS) is 31.9. The third kappa shape index (κ3) is 1.07. The van der Waals surface area contributed by atoms with Gasteiger partial charge >= 0.3 is 0 Å². The molecular weight excluding hydrogens is 139 g/mol. The van der Waals surface area contributed by atoms with Gasteiger partial charge in [-0.1, -0.05) is 0 Å².